The first-order chi connectivity index (χ1) is 9.97. The maximum atomic E-state index is 14.0. The summed E-state index contributed by atoms with van der Waals surface area (Å²) in [6.45, 7) is 6.13. The van der Waals surface area contributed by atoms with E-state index in [0.29, 0.717) is 23.4 Å². The van der Waals surface area contributed by atoms with Crippen LogP contribution in [-0.2, 0) is 6.54 Å². The maximum Gasteiger partial charge on any atom is 0.168 e. The minimum Gasteiger partial charge on any atom is -0.454 e. The number of ether oxygens (including phenoxy) is 1. The van der Waals surface area contributed by atoms with Crippen molar-refractivity contribution in [1.29, 1.82) is 0 Å². The van der Waals surface area contributed by atoms with E-state index in [9.17, 15) is 8.78 Å². The lowest BCUT2D eigenvalue weighted by Gasteiger charge is -2.14. The summed E-state index contributed by atoms with van der Waals surface area (Å²) < 4.78 is 33.0. The molecule has 0 unspecified atom stereocenters. The molecule has 0 heterocycles. The van der Waals surface area contributed by atoms with Gasteiger partial charge in [0.25, 0.3) is 0 Å². The number of halogens is 2. The fraction of sp³-hybridized carbons (Fsp3) is 0.294. The van der Waals surface area contributed by atoms with Crippen LogP contribution < -0.4 is 10.1 Å². The molecule has 0 aliphatic heterocycles. The third-order valence-corrected chi connectivity index (χ3v) is 3.10. The van der Waals surface area contributed by atoms with Crippen molar-refractivity contribution in [3.8, 4) is 11.5 Å². The zero-order chi connectivity index (χ0) is 15.4. The molecular formula is C17H19F2NO. The topological polar surface area (TPSA) is 21.3 Å². The van der Waals surface area contributed by atoms with Crippen LogP contribution >= 0.6 is 0 Å². The highest BCUT2D eigenvalue weighted by Crippen LogP contribution is 2.29. The second-order valence-electron chi connectivity index (χ2n) is 5.28. The van der Waals surface area contributed by atoms with Crippen molar-refractivity contribution in [2.24, 2.45) is 0 Å². The van der Waals surface area contributed by atoms with Gasteiger partial charge in [0.15, 0.2) is 11.6 Å². The van der Waals surface area contributed by atoms with Gasteiger partial charge < -0.3 is 10.1 Å². The zero-order valence-corrected chi connectivity index (χ0v) is 12.4. The first-order valence-corrected chi connectivity index (χ1v) is 6.92. The summed E-state index contributed by atoms with van der Waals surface area (Å²) >= 11 is 0. The molecule has 2 rings (SSSR count). The molecule has 0 saturated heterocycles. The highest BCUT2D eigenvalue weighted by atomic mass is 19.1. The Balaban J connectivity index is 2.28. The van der Waals surface area contributed by atoms with Gasteiger partial charge in [-0.1, -0.05) is 26.0 Å². The van der Waals surface area contributed by atoms with Gasteiger partial charge in [-0.3, -0.25) is 0 Å². The average molecular weight is 291 g/mol. The summed E-state index contributed by atoms with van der Waals surface area (Å²) in [5.41, 5.74) is 1.17. The summed E-state index contributed by atoms with van der Waals surface area (Å²) in [5, 5.41) is 3.20. The SMILES string of the molecule is Cc1cccc(Oc2ccc(F)cc2CNC(C)C)c1F. The van der Waals surface area contributed by atoms with Crippen molar-refractivity contribution in [1.82, 2.24) is 5.32 Å². The second kappa shape index (κ2) is 6.68. The Morgan fingerprint density at radius 3 is 2.57 bits per heavy atom. The third-order valence-electron chi connectivity index (χ3n) is 3.10. The van der Waals surface area contributed by atoms with Crippen LogP contribution in [0, 0.1) is 18.6 Å². The molecule has 1 N–H and O–H groups in total. The summed E-state index contributed by atoms with van der Waals surface area (Å²) in [6.07, 6.45) is 0. The van der Waals surface area contributed by atoms with E-state index in [2.05, 4.69) is 5.32 Å². The molecule has 0 aromatic heterocycles. The Labute approximate surface area is 123 Å². The van der Waals surface area contributed by atoms with E-state index in [1.807, 2.05) is 13.8 Å². The average Bonchev–Trinajstić information content (AvgIpc) is 2.43. The molecule has 112 valence electrons. The van der Waals surface area contributed by atoms with Gasteiger partial charge in [0, 0.05) is 18.2 Å². The summed E-state index contributed by atoms with van der Waals surface area (Å²) in [4.78, 5) is 0. The zero-order valence-electron chi connectivity index (χ0n) is 12.4. The van der Waals surface area contributed by atoms with Crippen molar-refractivity contribution in [2.45, 2.75) is 33.4 Å². The van der Waals surface area contributed by atoms with Crippen molar-refractivity contribution >= 4 is 0 Å². The van der Waals surface area contributed by atoms with E-state index in [1.54, 1.807) is 25.1 Å². The molecule has 0 saturated carbocycles. The van der Waals surface area contributed by atoms with Gasteiger partial charge >= 0.3 is 0 Å². The lowest BCUT2D eigenvalue weighted by molar-refractivity contribution is 0.430. The van der Waals surface area contributed by atoms with E-state index in [4.69, 9.17) is 4.74 Å². The molecule has 0 bridgehead atoms. The molecule has 0 aliphatic rings. The molecule has 0 atom stereocenters. The number of aryl methyl sites for hydroxylation is 1. The Morgan fingerprint density at radius 1 is 1.10 bits per heavy atom. The standard InChI is InChI=1S/C17H19F2NO/c1-11(2)20-10-13-9-14(18)7-8-15(13)21-16-6-4-5-12(3)17(16)19/h4-9,11,20H,10H2,1-3H3. The van der Waals surface area contributed by atoms with Crippen LogP contribution in [0.5, 0.6) is 11.5 Å². The summed E-state index contributed by atoms with van der Waals surface area (Å²) in [6, 6.07) is 9.45. The molecule has 0 amide bonds. The predicted molar refractivity (Wildman–Crippen MR) is 79.6 cm³/mol. The van der Waals surface area contributed by atoms with Gasteiger partial charge in [0.05, 0.1) is 0 Å². The first-order valence-electron chi connectivity index (χ1n) is 6.92. The van der Waals surface area contributed by atoms with Gasteiger partial charge in [-0.2, -0.15) is 0 Å². The highest BCUT2D eigenvalue weighted by molar-refractivity contribution is 5.40. The Bertz CT molecular complexity index is 626. The Morgan fingerprint density at radius 2 is 1.86 bits per heavy atom. The molecule has 0 spiro atoms. The van der Waals surface area contributed by atoms with Crippen LogP contribution in [0.15, 0.2) is 36.4 Å². The van der Waals surface area contributed by atoms with Crippen LogP contribution in [0.4, 0.5) is 8.78 Å². The number of hydrogen-bond acceptors (Lipinski definition) is 2. The van der Waals surface area contributed by atoms with Gasteiger partial charge in [-0.15, -0.1) is 0 Å². The molecule has 2 aromatic rings. The van der Waals surface area contributed by atoms with Gasteiger partial charge in [-0.05, 0) is 36.8 Å². The lowest BCUT2D eigenvalue weighted by atomic mass is 10.1. The molecular weight excluding hydrogens is 272 g/mol. The van der Waals surface area contributed by atoms with Crippen molar-refractivity contribution in [3.63, 3.8) is 0 Å². The normalized spacial score (nSPS) is 11.0. The first kappa shape index (κ1) is 15.4. The number of hydrogen-bond donors (Lipinski definition) is 1. The Hall–Kier alpha value is -1.94. The fourth-order valence-corrected chi connectivity index (χ4v) is 1.92. The van der Waals surface area contributed by atoms with Crippen LogP contribution in [-0.4, -0.2) is 6.04 Å². The number of rotatable bonds is 5. The number of nitrogens with one attached hydrogen (secondary N) is 1. The van der Waals surface area contributed by atoms with E-state index < -0.39 is 5.82 Å². The smallest absolute Gasteiger partial charge is 0.168 e. The van der Waals surface area contributed by atoms with Gasteiger partial charge in [0.2, 0.25) is 0 Å². The van der Waals surface area contributed by atoms with E-state index in [1.165, 1.54) is 18.2 Å². The molecule has 2 aromatic carbocycles. The molecule has 0 fully saturated rings. The highest BCUT2D eigenvalue weighted by Gasteiger charge is 2.11. The van der Waals surface area contributed by atoms with E-state index in [-0.39, 0.29) is 17.6 Å². The Kier molecular flexibility index (Phi) is 4.91. The molecule has 21 heavy (non-hydrogen) atoms. The molecule has 0 aliphatic carbocycles. The molecule has 0 radical (unpaired) electrons. The lowest BCUT2D eigenvalue weighted by Crippen LogP contribution is -2.22. The third kappa shape index (κ3) is 4.02. The molecule has 2 nitrogen and oxygen atoms in total. The van der Waals surface area contributed by atoms with Crippen LogP contribution in [0.25, 0.3) is 0 Å². The second-order valence-corrected chi connectivity index (χ2v) is 5.28. The quantitative estimate of drug-likeness (QED) is 0.871. The predicted octanol–water partition coefficient (Wildman–Crippen LogP) is 4.56. The fourth-order valence-electron chi connectivity index (χ4n) is 1.92. The number of benzene rings is 2. The molecule has 4 heteroatoms. The van der Waals surface area contributed by atoms with E-state index >= 15 is 0 Å². The summed E-state index contributed by atoms with van der Waals surface area (Å²) in [5.74, 6) is -0.140. The van der Waals surface area contributed by atoms with Crippen LogP contribution in [0.3, 0.4) is 0 Å². The largest absolute Gasteiger partial charge is 0.454 e. The van der Waals surface area contributed by atoms with Crippen molar-refractivity contribution < 1.29 is 13.5 Å². The van der Waals surface area contributed by atoms with Crippen LogP contribution in [0.2, 0.25) is 0 Å². The van der Waals surface area contributed by atoms with Crippen molar-refractivity contribution in [3.05, 3.63) is 59.2 Å². The van der Waals surface area contributed by atoms with Crippen LogP contribution in [0.1, 0.15) is 25.0 Å². The summed E-state index contributed by atoms with van der Waals surface area (Å²) in [7, 11) is 0. The minimum atomic E-state index is -0.399. The van der Waals surface area contributed by atoms with E-state index in [0.717, 1.165) is 0 Å². The van der Waals surface area contributed by atoms with Crippen molar-refractivity contribution in [2.75, 3.05) is 0 Å². The minimum absolute atomic E-state index is 0.146. The maximum absolute atomic E-state index is 14.0. The van der Waals surface area contributed by atoms with Gasteiger partial charge in [-0.25, -0.2) is 8.78 Å². The monoisotopic (exact) mass is 291 g/mol. The van der Waals surface area contributed by atoms with Gasteiger partial charge in [0.1, 0.15) is 11.6 Å².